The zero-order valence-electron chi connectivity index (χ0n) is 18.5. The van der Waals surface area contributed by atoms with Crippen molar-refractivity contribution in [3.05, 3.63) is 35.4 Å². The van der Waals surface area contributed by atoms with Crippen molar-refractivity contribution in [3.8, 4) is 0 Å². The molecule has 29 heavy (non-hydrogen) atoms. The summed E-state index contributed by atoms with van der Waals surface area (Å²) in [5.41, 5.74) is 2.04. The maximum absolute atomic E-state index is 12.3. The highest BCUT2D eigenvalue weighted by Crippen LogP contribution is 2.36. The maximum Gasteiger partial charge on any atom is 0.306 e. The number of amides is 1. The van der Waals surface area contributed by atoms with E-state index in [1.807, 2.05) is 27.7 Å². The Bertz CT molecular complexity index is 700. The predicted octanol–water partition coefficient (Wildman–Crippen LogP) is 5.46. The van der Waals surface area contributed by atoms with E-state index in [1.54, 1.807) is 0 Å². The second kappa shape index (κ2) is 9.32. The van der Waals surface area contributed by atoms with Crippen LogP contribution in [0.2, 0.25) is 0 Å². The molecule has 0 radical (unpaired) electrons. The molecule has 0 bridgehead atoms. The normalized spacial score (nSPS) is 23.7. The van der Waals surface area contributed by atoms with E-state index in [2.05, 4.69) is 29.6 Å². The van der Waals surface area contributed by atoms with Gasteiger partial charge in [0, 0.05) is 12.5 Å². The van der Waals surface area contributed by atoms with E-state index in [9.17, 15) is 9.59 Å². The topological polar surface area (TPSA) is 55.4 Å². The van der Waals surface area contributed by atoms with Crippen molar-refractivity contribution in [3.63, 3.8) is 0 Å². The average molecular weight is 400 g/mol. The monoisotopic (exact) mass is 399 g/mol. The Labute approximate surface area is 175 Å². The lowest BCUT2D eigenvalue weighted by Gasteiger charge is -2.21. The van der Waals surface area contributed by atoms with Gasteiger partial charge in [0.1, 0.15) is 5.60 Å². The number of esters is 1. The molecule has 3 unspecified atom stereocenters. The van der Waals surface area contributed by atoms with Crippen LogP contribution in [-0.2, 0) is 14.3 Å². The van der Waals surface area contributed by atoms with Gasteiger partial charge in [-0.2, -0.15) is 0 Å². The summed E-state index contributed by atoms with van der Waals surface area (Å²) in [6.45, 7) is 7.76. The van der Waals surface area contributed by atoms with Crippen LogP contribution in [-0.4, -0.2) is 23.5 Å². The van der Waals surface area contributed by atoms with Crippen LogP contribution in [0.15, 0.2) is 24.3 Å². The molecule has 1 N–H and O–H groups in total. The van der Waals surface area contributed by atoms with E-state index in [0.717, 1.165) is 44.1 Å². The molecular weight excluding hydrogens is 362 g/mol. The minimum absolute atomic E-state index is 0.0660. The molecule has 0 spiro atoms. The number of carbonyl (C=O) groups is 2. The molecule has 3 rings (SSSR count). The molecular formula is C25H37NO3. The van der Waals surface area contributed by atoms with Gasteiger partial charge in [-0.1, -0.05) is 30.7 Å². The molecule has 0 aromatic heterocycles. The van der Waals surface area contributed by atoms with Gasteiger partial charge in [0.25, 0.3) is 0 Å². The molecule has 2 fully saturated rings. The number of hydrogen-bond donors (Lipinski definition) is 1. The summed E-state index contributed by atoms with van der Waals surface area (Å²) in [6, 6.07) is 9.05. The van der Waals surface area contributed by atoms with Crippen molar-refractivity contribution in [2.75, 3.05) is 0 Å². The summed E-state index contributed by atoms with van der Waals surface area (Å²) in [7, 11) is 0. The Morgan fingerprint density at radius 2 is 1.72 bits per heavy atom. The smallest absolute Gasteiger partial charge is 0.306 e. The molecule has 0 saturated heterocycles. The lowest BCUT2D eigenvalue weighted by atomic mass is 9.89. The predicted molar refractivity (Wildman–Crippen MR) is 116 cm³/mol. The number of benzene rings is 1. The van der Waals surface area contributed by atoms with Gasteiger partial charge in [-0.05, 0) is 89.2 Å². The highest BCUT2D eigenvalue weighted by atomic mass is 16.6. The van der Waals surface area contributed by atoms with Gasteiger partial charge >= 0.3 is 5.97 Å². The second-order valence-corrected chi connectivity index (χ2v) is 10.0. The maximum atomic E-state index is 12.3. The molecule has 160 valence electrons. The molecule has 1 aromatic rings. The van der Waals surface area contributed by atoms with Crippen LogP contribution in [0, 0.1) is 5.92 Å². The summed E-state index contributed by atoms with van der Waals surface area (Å²) in [6.07, 6.45) is 8.39. The van der Waals surface area contributed by atoms with Crippen LogP contribution in [0.3, 0.4) is 0 Å². The van der Waals surface area contributed by atoms with Gasteiger partial charge in [0.2, 0.25) is 5.91 Å². The third kappa shape index (κ3) is 6.87. The van der Waals surface area contributed by atoms with Crippen LogP contribution in [0.1, 0.15) is 102 Å². The summed E-state index contributed by atoms with van der Waals surface area (Å²) >= 11 is 0. The van der Waals surface area contributed by atoms with Gasteiger partial charge in [-0.25, -0.2) is 0 Å². The minimum Gasteiger partial charge on any atom is -0.460 e. The lowest BCUT2D eigenvalue weighted by molar-refractivity contribution is -0.156. The average Bonchev–Trinajstić information content (AvgIpc) is 3.47. The fourth-order valence-electron chi connectivity index (χ4n) is 4.30. The summed E-state index contributed by atoms with van der Waals surface area (Å²) in [5, 5.41) is 3.10. The van der Waals surface area contributed by atoms with Crippen LogP contribution < -0.4 is 5.32 Å². The standard InChI is InChI=1S/C25H37NO3/c1-17(24(28)26-22-14-15-22)19-10-12-21(13-11-19)20-7-5-6-18(8-9-20)16-23(27)29-25(2,3)4/h10-13,17-18,20,22H,5-9,14-16H2,1-4H3,(H,26,28). The van der Waals surface area contributed by atoms with E-state index in [0.29, 0.717) is 24.3 Å². The molecule has 2 aliphatic carbocycles. The van der Waals surface area contributed by atoms with Gasteiger partial charge < -0.3 is 10.1 Å². The fraction of sp³-hybridized carbons (Fsp3) is 0.680. The summed E-state index contributed by atoms with van der Waals surface area (Å²) in [4.78, 5) is 24.5. The molecule has 0 heterocycles. The molecule has 1 aromatic carbocycles. The van der Waals surface area contributed by atoms with Crippen molar-refractivity contribution >= 4 is 11.9 Å². The molecule has 0 aliphatic heterocycles. The third-order valence-electron chi connectivity index (χ3n) is 6.19. The van der Waals surface area contributed by atoms with E-state index in [4.69, 9.17) is 4.74 Å². The number of rotatable bonds is 6. The van der Waals surface area contributed by atoms with Crippen molar-refractivity contribution in [2.24, 2.45) is 5.92 Å². The lowest BCUT2D eigenvalue weighted by Crippen LogP contribution is -2.29. The van der Waals surface area contributed by atoms with Crippen LogP contribution in [0.5, 0.6) is 0 Å². The van der Waals surface area contributed by atoms with Crippen LogP contribution in [0.4, 0.5) is 0 Å². The van der Waals surface area contributed by atoms with Crippen molar-refractivity contribution in [1.29, 1.82) is 0 Å². The Morgan fingerprint density at radius 1 is 1.03 bits per heavy atom. The molecule has 3 atom stereocenters. The number of ether oxygens (including phenoxy) is 1. The molecule has 1 amide bonds. The Kier molecular flexibility index (Phi) is 7.02. The first-order valence-electron chi connectivity index (χ1n) is 11.3. The van der Waals surface area contributed by atoms with Crippen molar-refractivity contribution in [2.45, 2.75) is 103 Å². The molecule has 4 heteroatoms. The van der Waals surface area contributed by atoms with E-state index in [-0.39, 0.29) is 17.8 Å². The minimum atomic E-state index is -0.404. The Morgan fingerprint density at radius 3 is 2.34 bits per heavy atom. The Hall–Kier alpha value is -1.84. The van der Waals surface area contributed by atoms with E-state index in [1.165, 1.54) is 12.0 Å². The van der Waals surface area contributed by atoms with Crippen molar-refractivity contribution < 1.29 is 14.3 Å². The largest absolute Gasteiger partial charge is 0.460 e. The van der Waals surface area contributed by atoms with Gasteiger partial charge in [0.05, 0.1) is 5.92 Å². The number of nitrogens with one attached hydrogen (secondary N) is 1. The van der Waals surface area contributed by atoms with Gasteiger partial charge in [-0.3, -0.25) is 9.59 Å². The first-order valence-corrected chi connectivity index (χ1v) is 11.3. The second-order valence-electron chi connectivity index (χ2n) is 10.0. The molecule has 2 aliphatic rings. The van der Waals surface area contributed by atoms with Crippen molar-refractivity contribution in [1.82, 2.24) is 5.32 Å². The van der Waals surface area contributed by atoms with E-state index >= 15 is 0 Å². The summed E-state index contributed by atoms with van der Waals surface area (Å²) < 4.78 is 5.50. The summed E-state index contributed by atoms with van der Waals surface area (Å²) in [5.74, 6) is 0.948. The Balaban J connectivity index is 1.52. The molecule has 4 nitrogen and oxygen atoms in total. The van der Waals surface area contributed by atoms with Crippen LogP contribution in [0.25, 0.3) is 0 Å². The zero-order valence-corrected chi connectivity index (χ0v) is 18.5. The zero-order chi connectivity index (χ0) is 21.0. The number of hydrogen-bond acceptors (Lipinski definition) is 3. The highest BCUT2D eigenvalue weighted by Gasteiger charge is 2.27. The quantitative estimate of drug-likeness (QED) is 0.510. The van der Waals surface area contributed by atoms with E-state index < -0.39 is 5.60 Å². The number of carbonyl (C=O) groups excluding carboxylic acids is 2. The first-order chi connectivity index (χ1) is 13.7. The highest BCUT2D eigenvalue weighted by molar-refractivity contribution is 5.83. The van der Waals surface area contributed by atoms with Gasteiger partial charge in [0.15, 0.2) is 0 Å². The SMILES string of the molecule is CC(C(=O)NC1CC1)c1ccc(C2CCCC(CC(=O)OC(C)(C)C)CC2)cc1. The fourth-order valence-corrected chi connectivity index (χ4v) is 4.30. The van der Waals surface area contributed by atoms with Crippen LogP contribution >= 0.6 is 0 Å². The third-order valence-corrected chi connectivity index (χ3v) is 6.19. The van der Waals surface area contributed by atoms with Gasteiger partial charge in [-0.15, -0.1) is 0 Å². The first kappa shape index (κ1) is 21.9. The molecule has 2 saturated carbocycles.